The molecule has 0 heterocycles. The Morgan fingerprint density at radius 3 is 2.12 bits per heavy atom. The summed E-state index contributed by atoms with van der Waals surface area (Å²) < 4.78 is 5.69. The van der Waals surface area contributed by atoms with Crippen molar-refractivity contribution in [2.75, 3.05) is 0 Å². The summed E-state index contributed by atoms with van der Waals surface area (Å²) in [6, 6.07) is 17.1. The SMILES string of the molecule is CC(C)(OC(=O)c1cc([N+](=O)[O-])cc([N+](=O)[O-])c1)c1ccc2c(c1)CCCc1ccccc1-2. The number of ether oxygens (including phenoxy) is 1. The van der Waals surface area contributed by atoms with Gasteiger partial charge in [0.05, 0.1) is 21.5 Å². The summed E-state index contributed by atoms with van der Waals surface area (Å²) in [5.41, 5.74) is 3.21. The fourth-order valence-electron chi connectivity index (χ4n) is 4.18. The molecule has 1 aliphatic rings. The highest BCUT2D eigenvalue weighted by Gasteiger charge is 2.29. The summed E-state index contributed by atoms with van der Waals surface area (Å²) in [5, 5.41) is 22.3. The zero-order valence-electron chi connectivity index (χ0n) is 18.2. The maximum Gasteiger partial charge on any atom is 0.339 e. The Balaban J connectivity index is 1.65. The lowest BCUT2D eigenvalue weighted by Crippen LogP contribution is -2.26. The fraction of sp³-hybridized carbons (Fsp3) is 0.240. The topological polar surface area (TPSA) is 113 Å². The minimum absolute atomic E-state index is 0.243. The van der Waals surface area contributed by atoms with Crippen LogP contribution in [-0.2, 0) is 23.2 Å². The van der Waals surface area contributed by atoms with Gasteiger partial charge in [0.1, 0.15) is 5.60 Å². The number of rotatable bonds is 5. The number of fused-ring (bicyclic) bond motifs is 3. The molecule has 0 unspecified atom stereocenters. The van der Waals surface area contributed by atoms with Crippen LogP contribution in [0.2, 0.25) is 0 Å². The van der Waals surface area contributed by atoms with Crippen molar-refractivity contribution in [3.05, 3.63) is 103 Å². The van der Waals surface area contributed by atoms with Gasteiger partial charge in [-0.25, -0.2) is 4.79 Å². The molecular weight excluding hydrogens is 424 g/mol. The summed E-state index contributed by atoms with van der Waals surface area (Å²) >= 11 is 0. The maximum atomic E-state index is 12.8. The molecular formula is C25H22N2O6. The van der Waals surface area contributed by atoms with Crippen molar-refractivity contribution in [2.45, 2.75) is 38.7 Å². The second-order valence-corrected chi connectivity index (χ2v) is 8.53. The van der Waals surface area contributed by atoms with Crippen LogP contribution in [-0.4, -0.2) is 15.8 Å². The van der Waals surface area contributed by atoms with E-state index in [9.17, 15) is 25.0 Å². The first-order valence-corrected chi connectivity index (χ1v) is 10.5. The van der Waals surface area contributed by atoms with E-state index in [1.165, 1.54) is 11.1 Å². The first-order valence-electron chi connectivity index (χ1n) is 10.5. The summed E-state index contributed by atoms with van der Waals surface area (Å²) in [5.74, 6) is -0.868. The van der Waals surface area contributed by atoms with E-state index < -0.39 is 32.8 Å². The van der Waals surface area contributed by atoms with E-state index in [0.29, 0.717) is 0 Å². The van der Waals surface area contributed by atoms with Gasteiger partial charge in [-0.15, -0.1) is 0 Å². The smallest absolute Gasteiger partial charge is 0.339 e. The van der Waals surface area contributed by atoms with Gasteiger partial charge in [-0.05, 0) is 60.9 Å². The van der Waals surface area contributed by atoms with Crippen molar-refractivity contribution in [1.29, 1.82) is 0 Å². The van der Waals surface area contributed by atoms with Crippen LogP contribution in [0.3, 0.4) is 0 Å². The largest absolute Gasteiger partial charge is 0.451 e. The Hall–Kier alpha value is -4.07. The quantitative estimate of drug-likeness (QED) is 0.280. The second kappa shape index (κ2) is 8.46. The van der Waals surface area contributed by atoms with Crippen LogP contribution in [0.25, 0.3) is 11.1 Å². The molecule has 0 fully saturated rings. The van der Waals surface area contributed by atoms with Gasteiger partial charge >= 0.3 is 5.97 Å². The molecule has 0 N–H and O–H groups in total. The van der Waals surface area contributed by atoms with Crippen molar-refractivity contribution in [2.24, 2.45) is 0 Å². The van der Waals surface area contributed by atoms with Gasteiger partial charge in [0.2, 0.25) is 0 Å². The predicted octanol–water partition coefficient (Wildman–Crippen LogP) is 5.75. The van der Waals surface area contributed by atoms with Crippen LogP contribution < -0.4 is 0 Å². The van der Waals surface area contributed by atoms with E-state index in [1.807, 2.05) is 30.3 Å². The molecule has 33 heavy (non-hydrogen) atoms. The number of hydrogen-bond acceptors (Lipinski definition) is 6. The van der Waals surface area contributed by atoms with Gasteiger partial charge in [-0.1, -0.05) is 42.5 Å². The van der Waals surface area contributed by atoms with Gasteiger partial charge in [0.25, 0.3) is 11.4 Å². The molecule has 0 spiro atoms. The van der Waals surface area contributed by atoms with E-state index in [1.54, 1.807) is 13.8 Å². The number of nitrogens with zero attached hydrogens (tertiary/aromatic N) is 2. The summed E-state index contributed by atoms with van der Waals surface area (Å²) in [6.07, 6.45) is 2.88. The molecule has 0 aromatic heterocycles. The minimum atomic E-state index is -1.06. The molecule has 8 nitrogen and oxygen atoms in total. The molecule has 0 atom stereocenters. The summed E-state index contributed by atoms with van der Waals surface area (Å²) in [6.45, 7) is 3.45. The molecule has 8 heteroatoms. The molecule has 3 aromatic rings. The van der Waals surface area contributed by atoms with Crippen LogP contribution in [0.15, 0.2) is 60.7 Å². The lowest BCUT2D eigenvalue weighted by atomic mass is 9.90. The highest BCUT2D eigenvalue weighted by atomic mass is 16.6. The van der Waals surface area contributed by atoms with Crippen LogP contribution in [0.5, 0.6) is 0 Å². The van der Waals surface area contributed by atoms with Crippen molar-refractivity contribution in [3.8, 4) is 11.1 Å². The number of nitro benzene ring substituents is 2. The highest BCUT2D eigenvalue weighted by molar-refractivity contribution is 5.91. The van der Waals surface area contributed by atoms with Crippen molar-refractivity contribution in [3.63, 3.8) is 0 Å². The van der Waals surface area contributed by atoms with Crippen LogP contribution >= 0.6 is 0 Å². The molecule has 0 radical (unpaired) electrons. The third-order valence-corrected chi connectivity index (χ3v) is 5.91. The zero-order chi connectivity index (χ0) is 23.8. The van der Waals surface area contributed by atoms with Gasteiger partial charge in [0.15, 0.2) is 0 Å². The number of esters is 1. The maximum absolute atomic E-state index is 12.8. The highest BCUT2D eigenvalue weighted by Crippen LogP contribution is 2.36. The van der Waals surface area contributed by atoms with Crippen LogP contribution in [0.1, 0.15) is 47.3 Å². The summed E-state index contributed by atoms with van der Waals surface area (Å²) in [7, 11) is 0. The number of hydrogen-bond donors (Lipinski definition) is 0. The number of carbonyl (C=O) groups is 1. The molecule has 0 amide bonds. The lowest BCUT2D eigenvalue weighted by molar-refractivity contribution is -0.394. The Morgan fingerprint density at radius 2 is 1.45 bits per heavy atom. The minimum Gasteiger partial charge on any atom is -0.451 e. The van der Waals surface area contributed by atoms with E-state index in [0.717, 1.165) is 54.2 Å². The average Bonchev–Trinajstić information content (AvgIpc) is 2.97. The predicted molar refractivity (Wildman–Crippen MR) is 122 cm³/mol. The molecule has 0 saturated heterocycles. The van der Waals surface area contributed by atoms with Crippen molar-refractivity contribution >= 4 is 17.3 Å². The van der Waals surface area contributed by atoms with E-state index in [-0.39, 0.29) is 5.56 Å². The normalized spacial score (nSPS) is 12.8. The molecule has 0 aliphatic heterocycles. The lowest BCUT2D eigenvalue weighted by Gasteiger charge is -2.27. The third-order valence-electron chi connectivity index (χ3n) is 5.91. The monoisotopic (exact) mass is 446 g/mol. The van der Waals surface area contributed by atoms with Crippen molar-refractivity contribution in [1.82, 2.24) is 0 Å². The number of non-ortho nitro benzene ring substituents is 2. The number of nitro groups is 2. The van der Waals surface area contributed by atoms with Gasteiger partial charge in [-0.3, -0.25) is 20.2 Å². The second-order valence-electron chi connectivity index (χ2n) is 8.53. The molecule has 3 aromatic carbocycles. The molecule has 0 bridgehead atoms. The van der Waals surface area contributed by atoms with Crippen LogP contribution in [0.4, 0.5) is 11.4 Å². The Kier molecular flexibility index (Phi) is 5.68. The van der Waals surface area contributed by atoms with Gasteiger partial charge in [0, 0.05) is 12.1 Å². The average molecular weight is 446 g/mol. The molecule has 0 saturated carbocycles. The Morgan fingerprint density at radius 1 is 0.848 bits per heavy atom. The van der Waals surface area contributed by atoms with E-state index >= 15 is 0 Å². The standard InChI is InChI=1S/C25H22N2O6/c1-25(2,33-24(28)18-13-20(26(29)30)15-21(14-18)27(31)32)19-10-11-23-17(12-19)8-5-7-16-6-3-4-9-22(16)23/h3-4,6,9-15H,5,7-8H2,1-2H3. The first kappa shape index (κ1) is 22.1. The molecule has 168 valence electrons. The molecule has 4 rings (SSSR count). The Labute approximate surface area is 190 Å². The zero-order valence-corrected chi connectivity index (χ0v) is 18.2. The van der Waals surface area contributed by atoms with E-state index in [2.05, 4.69) is 12.1 Å². The Bertz CT molecular complexity index is 1250. The number of aryl methyl sites for hydroxylation is 2. The van der Waals surface area contributed by atoms with E-state index in [4.69, 9.17) is 4.74 Å². The third kappa shape index (κ3) is 4.45. The summed E-state index contributed by atoms with van der Waals surface area (Å²) in [4.78, 5) is 33.5. The number of benzene rings is 3. The van der Waals surface area contributed by atoms with Crippen LogP contribution in [0, 0.1) is 20.2 Å². The molecule has 1 aliphatic carbocycles. The van der Waals surface area contributed by atoms with Gasteiger partial charge in [-0.2, -0.15) is 0 Å². The number of carbonyl (C=O) groups excluding carboxylic acids is 1. The van der Waals surface area contributed by atoms with Crippen molar-refractivity contribution < 1.29 is 19.4 Å². The fourth-order valence-corrected chi connectivity index (χ4v) is 4.18. The first-order chi connectivity index (χ1) is 15.7. The van der Waals surface area contributed by atoms with Gasteiger partial charge < -0.3 is 4.74 Å².